The number of nitro groups is 1. The lowest BCUT2D eigenvalue weighted by molar-refractivity contribution is -0.384. The van der Waals surface area contributed by atoms with Crippen LogP contribution in [0.4, 0.5) is 5.69 Å². The van der Waals surface area contributed by atoms with Gasteiger partial charge in [-0.15, -0.1) is 0 Å². The topological polar surface area (TPSA) is 66.7 Å². The van der Waals surface area contributed by atoms with Crippen molar-refractivity contribution >= 4 is 17.7 Å². The number of non-ortho nitro benzene ring substituents is 1. The molecule has 6 heteroatoms. The SMILES string of the molecule is CCC(=O)N1C[C@H]2CC[C@@H](C1)N2C/C=C/c1cccc([N+](=O)[O-])c1. The summed E-state index contributed by atoms with van der Waals surface area (Å²) in [5.74, 6) is 0.249. The van der Waals surface area contributed by atoms with E-state index in [9.17, 15) is 14.9 Å². The second kappa shape index (κ2) is 7.13. The third kappa shape index (κ3) is 3.48. The highest BCUT2D eigenvalue weighted by molar-refractivity contribution is 5.76. The zero-order valence-corrected chi connectivity index (χ0v) is 13.9. The molecule has 2 fully saturated rings. The summed E-state index contributed by atoms with van der Waals surface area (Å²) in [4.78, 5) is 26.8. The molecule has 0 aromatic heterocycles. The van der Waals surface area contributed by atoms with Gasteiger partial charge in [-0.3, -0.25) is 19.8 Å². The molecule has 1 amide bonds. The minimum atomic E-state index is -0.373. The molecule has 0 radical (unpaired) electrons. The van der Waals surface area contributed by atoms with Crippen LogP contribution in [0.25, 0.3) is 6.08 Å². The molecule has 2 heterocycles. The summed E-state index contributed by atoms with van der Waals surface area (Å²) in [6, 6.07) is 7.54. The Morgan fingerprint density at radius 1 is 1.33 bits per heavy atom. The minimum absolute atomic E-state index is 0.115. The van der Waals surface area contributed by atoms with Crippen molar-refractivity contribution in [2.24, 2.45) is 0 Å². The van der Waals surface area contributed by atoms with Gasteiger partial charge < -0.3 is 4.90 Å². The third-order valence-electron chi connectivity index (χ3n) is 5.00. The monoisotopic (exact) mass is 329 g/mol. The Bertz CT molecular complexity index is 645. The smallest absolute Gasteiger partial charge is 0.270 e. The molecule has 0 aliphatic carbocycles. The molecule has 2 aliphatic heterocycles. The number of nitro benzene ring substituents is 1. The van der Waals surface area contributed by atoms with E-state index in [1.54, 1.807) is 12.1 Å². The maximum absolute atomic E-state index is 11.9. The molecule has 0 saturated carbocycles. The van der Waals surface area contributed by atoms with Gasteiger partial charge in [0.25, 0.3) is 5.69 Å². The fourth-order valence-electron chi connectivity index (χ4n) is 3.77. The van der Waals surface area contributed by atoms with Gasteiger partial charge in [-0.1, -0.05) is 31.2 Å². The Kier molecular flexibility index (Phi) is 4.94. The van der Waals surface area contributed by atoms with E-state index >= 15 is 0 Å². The van der Waals surface area contributed by atoms with Crippen LogP contribution in [0.5, 0.6) is 0 Å². The molecule has 1 aromatic rings. The summed E-state index contributed by atoms with van der Waals surface area (Å²) < 4.78 is 0. The molecule has 2 saturated heterocycles. The van der Waals surface area contributed by atoms with Gasteiger partial charge in [-0.2, -0.15) is 0 Å². The largest absolute Gasteiger partial charge is 0.340 e. The molecule has 6 nitrogen and oxygen atoms in total. The Balaban J connectivity index is 1.61. The summed E-state index contributed by atoms with van der Waals surface area (Å²) >= 11 is 0. The maximum Gasteiger partial charge on any atom is 0.270 e. The maximum atomic E-state index is 11.9. The zero-order valence-electron chi connectivity index (χ0n) is 13.9. The average Bonchev–Trinajstić information content (AvgIpc) is 2.82. The Labute approximate surface area is 141 Å². The molecule has 0 unspecified atom stereocenters. The van der Waals surface area contributed by atoms with Crippen molar-refractivity contribution in [2.75, 3.05) is 19.6 Å². The highest BCUT2D eigenvalue weighted by Crippen LogP contribution is 2.30. The standard InChI is InChI=1S/C18H23N3O3/c1-2-18(22)19-12-16-8-9-17(13-19)20(16)10-4-6-14-5-3-7-15(11-14)21(23)24/h3-7,11,16-17H,2,8-10,12-13H2,1H3/b6-4+/t16-,17+. The van der Waals surface area contributed by atoms with E-state index in [2.05, 4.69) is 11.0 Å². The van der Waals surface area contributed by atoms with E-state index in [0.29, 0.717) is 18.5 Å². The first-order chi connectivity index (χ1) is 11.6. The van der Waals surface area contributed by atoms with Gasteiger partial charge in [0.2, 0.25) is 5.91 Å². The van der Waals surface area contributed by atoms with Crippen LogP contribution in [0.3, 0.4) is 0 Å². The number of benzene rings is 1. The Morgan fingerprint density at radius 3 is 2.67 bits per heavy atom. The number of carbonyl (C=O) groups is 1. The van der Waals surface area contributed by atoms with Gasteiger partial charge >= 0.3 is 0 Å². The summed E-state index contributed by atoms with van der Waals surface area (Å²) in [5.41, 5.74) is 0.959. The summed E-state index contributed by atoms with van der Waals surface area (Å²) in [5, 5.41) is 10.8. The second-order valence-electron chi connectivity index (χ2n) is 6.49. The minimum Gasteiger partial charge on any atom is -0.340 e. The van der Waals surface area contributed by atoms with Gasteiger partial charge in [-0.05, 0) is 18.4 Å². The molecule has 0 spiro atoms. The van der Waals surface area contributed by atoms with Crippen molar-refractivity contribution in [3.05, 3.63) is 46.0 Å². The molecule has 3 rings (SSSR count). The van der Waals surface area contributed by atoms with E-state index in [4.69, 9.17) is 0 Å². The number of likely N-dealkylation sites (tertiary alicyclic amines) is 1. The van der Waals surface area contributed by atoms with Gasteiger partial charge in [0.05, 0.1) is 4.92 Å². The highest BCUT2D eigenvalue weighted by Gasteiger charge is 2.40. The number of hydrogen-bond donors (Lipinski definition) is 0. The van der Waals surface area contributed by atoms with Crippen molar-refractivity contribution in [2.45, 2.75) is 38.3 Å². The van der Waals surface area contributed by atoms with Crippen molar-refractivity contribution in [3.8, 4) is 0 Å². The van der Waals surface area contributed by atoms with Gasteiger partial charge in [0, 0.05) is 50.3 Å². The summed E-state index contributed by atoms with van der Waals surface area (Å²) in [6.07, 6.45) is 6.87. The van der Waals surface area contributed by atoms with Crippen LogP contribution < -0.4 is 0 Å². The lowest BCUT2D eigenvalue weighted by atomic mass is 10.1. The van der Waals surface area contributed by atoms with Gasteiger partial charge in [0.15, 0.2) is 0 Å². The molecule has 1 aromatic carbocycles. The van der Waals surface area contributed by atoms with E-state index in [0.717, 1.165) is 38.0 Å². The second-order valence-corrected chi connectivity index (χ2v) is 6.49. The zero-order chi connectivity index (χ0) is 17.1. The predicted octanol–water partition coefficient (Wildman–Crippen LogP) is 2.69. The normalized spacial score (nSPS) is 23.8. The third-order valence-corrected chi connectivity index (χ3v) is 5.00. The fraction of sp³-hybridized carbons (Fsp3) is 0.500. The molecular formula is C18H23N3O3. The number of hydrogen-bond acceptors (Lipinski definition) is 4. The van der Waals surface area contributed by atoms with E-state index < -0.39 is 0 Å². The van der Waals surface area contributed by atoms with Crippen molar-refractivity contribution in [3.63, 3.8) is 0 Å². The van der Waals surface area contributed by atoms with Crippen molar-refractivity contribution in [1.29, 1.82) is 0 Å². The number of amides is 1. The van der Waals surface area contributed by atoms with E-state index in [-0.39, 0.29) is 16.5 Å². The van der Waals surface area contributed by atoms with Crippen molar-refractivity contribution < 1.29 is 9.72 Å². The lowest BCUT2D eigenvalue weighted by Crippen LogP contribution is -2.55. The first-order valence-electron chi connectivity index (χ1n) is 8.53. The molecule has 2 aliphatic rings. The lowest BCUT2D eigenvalue weighted by Gasteiger charge is -2.40. The molecular weight excluding hydrogens is 306 g/mol. The molecule has 2 atom stereocenters. The van der Waals surface area contributed by atoms with Crippen LogP contribution in [0.15, 0.2) is 30.3 Å². The highest BCUT2D eigenvalue weighted by atomic mass is 16.6. The van der Waals surface area contributed by atoms with Crippen LogP contribution in [-0.4, -0.2) is 52.3 Å². The number of fused-ring (bicyclic) bond motifs is 2. The van der Waals surface area contributed by atoms with Crippen LogP contribution in [0.2, 0.25) is 0 Å². The Hall–Kier alpha value is -2.21. The average molecular weight is 329 g/mol. The van der Waals surface area contributed by atoms with Crippen LogP contribution in [0.1, 0.15) is 31.7 Å². The fourth-order valence-corrected chi connectivity index (χ4v) is 3.77. The molecule has 0 N–H and O–H groups in total. The Morgan fingerprint density at radius 2 is 2.04 bits per heavy atom. The summed E-state index contributed by atoms with van der Waals surface area (Å²) in [7, 11) is 0. The predicted molar refractivity (Wildman–Crippen MR) is 92.5 cm³/mol. The molecule has 128 valence electrons. The van der Waals surface area contributed by atoms with Gasteiger partial charge in [0.1, 0.15) is 0 Å². The van der Waals surface area contributed by atoms with Gasteiger partial charge in [-0.25, -0.2) is 0 Å². The van der Waals surface area contributed by atoms with Crippen LogP contribution in [-0.2, 0) is 4.79 Å². The summed E-state index contributed by atoms with van der Waals surface area (Å²) in [6.45, 7) is 4.40. The first-order valence-corrected chi connectivity index (χ1v) is 8.53. The number of piperazine rings is 1. The number of carbonyl (C=O) groups excluding carboxylic acids is 1. The van der Waals surface area contributed by atoms with E-state index in [1.165, 1.54) is 6.07 Å². The molecule has 24 heavy (non-hydrogen) atoms. The van der Waals surface area contributed by atoms with E-state index in [1.807, 2.05) is 24.0 Å². The number of rotatable bonds is 5. The molecule has 2 bridgehead atoms. The number of nitrogens with zero attached hydrogens (tertiary/aromatic N) is 3. The van der Waals surface area contributed by atoms with Crippen molar-refractivity contribution in [1.82, 2.24) is 9.80 Å². The quantitative estimate of drug-likeness (QED) is 0.615. The first kappa shape index (κ1) is 16.6. The van der Waals surface area contributed by atoms with Crippen LogP contribution >= 0.6 is 0 Å². The van der Waals surface area contributed by atoms with Crippen LogP contribution in [0, 0.1) is 10.1 Å².